The average molecular weight is 662 g/mol. The van der Waals surface area contributed by atoms with Crippen LogP contribution in [0.1, 0.15) is 59.6 Å². The first-order chi connectivity index (χ1) is 19.8. The van der Waals surface area contributed by atoms with Crippen LogP contribution < -0.4 is 9.86 Å². The number of alkyl halides is 3. The monoisotopic (exact) mass is 661 g/mol. The van der Waals surface area contributed by atoms with Crippen molar-refractivity contribution in [3.63, 3.8) is 0 Å². The molecule has 43 heavy (non-hydrogen) atoms. The average Bonchev–Trinajstić information content (AvgIpc) is 3.51. The van der Waals surface area contributed by atoms with Gasteiger partial charge in [0, 0.05) is 0 Å². The van der Waals surface area contributed by atoms with Gasteiger partial charge in [-0.1, -0.05) is 18.2 Å². The molecule has 2 aromatic heterocycles. The van der Waals surface area contributed by atoms with Gasteiger partial charge in [-0.05, 0) is 56.2 Å². The quantitative estimate of drug-likeness (QED) is 0.235. The fraction of sp³-hybridized carbons (Fsp3) is 0.360. The SMILES string of the molecule is CC(C)(C)OC(=O)c1cccc(-c2ccc3nc(C(c4nnc(CNS(N)(=O)=O)o4)S(=O)(=O)CCC(F)(F)F)sc3c2)c1. The van der Waals surface area contributed by atoms with Crippen LogP contribution in [0.15, 0.2) is 46.9 Å². The van der Waals surface area contributed by atoms with Gasteiger partial charge in [0.25, 0.3) is 10.2 Å². The number of aromatic nitrogens is 3. The maximum Gasteiger partial charge on any atom is 0.390 e. The summed E-state index contributed by atoms with van der Waals surface area (Å²) in [5, 5.41) is 10.1. The second-order valence-electron chi connectivity index (χ2n) is 10.3. The summed E-state index contributed by atoms with van der Waals surface area (Å²) in [5.41, 5.74) is 1.27. The van der Waals surface area contributed by atoms with Crippen molar-refractivity contribution >= 4 is 47.6 Å². The maximum absolute atomic E-state index is 13.2. The lowest BCUT2D eigenvalue weighted by Crippen LogP contribution is -2.30. The minimum Gasteiger partial charge on any atom is -0.456 e. The van der Waals surface area contributed by atoms with Gasteiger partial charge in [0.2, 0.25) is 11.8 Å². The van der Waals surface area contributed by atoms with Crippen LogP contribution in [-0.2, 0) is 31.3 Å². The van der Waals surface area contributed by atoms with Crippen LogP contribution in [0.2, 0.25) is 0 Å². The highest BCUT2D eigenvalue weighted by molar-refractivity contribution is 7.92. The van der Waals surface area contributed by atoms with Crippen molar-refractivity contribution in [1.29, 1.82) is 0 Å². The van der Waals surface area contributed by atoms with Crippen LogP contribution in [0.5, 0.6) is 0 Å². The zero-order chi connectivity index (χ0) is 31.8. The molecule has 2 heterocycles. The molecule has 0 amide bonds. The van der Waals surface area contributed by atoms with E-state index in [2.05, 4.69) is 15.2 Å². The molecule has 4 aromatic rings. The number of ether oxygens (including phenoxy) is 1. The predicted molar refractivity (Wildman–Crippen MR) is 151 cm³/mol. The van der Waals surface area contributed by atoms with Crippen molar-refractivity contribution in [3.05, 3.63) is 64.8 Å². The molecule has 12 nitrogen and oxygen atoms in total. The van der Waals surface area contributed by atoms with Crippen LogP contribution in [0.3, 0.4) is 0 Å². The summed E-state index contributed by atoms with van der Waals surface area (Å²) in [6, 6.07) is 11.7. The van der Waals surface area contributed by atoms with Crippen LogP contribution >= 0.6 is 11.3 Å². The van der Waals surface area contributed by atoms with Gasteiger partial charge in [-0.2, -0.15) is 26.3 Å². The number of esters is 1. The lowest BCUT2D eigenvalue weighted by molar-refractivity contribution is -0.130. The van der Waals surface area contributed by atoms with Crippen LogP contribution in [0.25, 0.3) is 21.3 Å². The summed E-state index contributed by atoms with van der Waals surface area (Å²) in [4.78, 5) is 16.9. The Morgan fingerprint density at radius 2 is 1.77 bits per heavy atom. The van der Waals surface area contributed by atoms with E-state index in [4.69, 9.17) is 14.3 Å². The zero-order valence-electron chi connectivity index (χ0n) is 22.9. The number of carbonyl (C=O) groups is 1. The van der Waals surface area contributed by atoms with Gasteiger partial charge in [0.15, 0.2) is 15.1 Å². The summed E-state index contributed by atoms with van der Waals surface area (Å²) in [5.74, 6) is -2.75. The third-order valence-corrected chi connectivity index (χ3v) is 9.32. The Kier molecular flexibility index (Phi) is 8.99. The first-order valence-corrected chi connectivity index (χ1v) is 16.5. The number of nitrogens with two attached hydrogens (primary N) is 1. The molecule has 0 aliphatic heterocycles. The normalized spacial score (nSPS) is 13.7. The molecular weight excluding hydrogens is 635 g/mol. The van der Waals surface area contributed by atoms with E-state index < -0.39 is 67.7 Å². The molecule has 4 rings (SSSR count). The molecule has 3 N–H and O–H groups in total. The number of benzene rings is 2. The Bertz CT molecular complexity index is 1860. The van der Waals surface area contributed by atoms with Gasteiger partial charge in [0.1, 0.15) is 10.6 Å². The number of carbonyl (C=O) groups excluding carboxylic acids is 1. The van der Waals surface area contributed by atoms with Gasteiger partial charge < -0.3 is 9.15 Å². The van der Waals surface area contributed by atoms with E-state index >= 15 is 0 Å². The first kappa shape index (κ1) is 32.5. The second-order valence-corrected chi connectivity index (χ2v) is 15.0. The molecule has 0 radical (unpaired) electrons. The van der Waals surface area contributed by atoms with Crippen molar-refractivity contribution in [3.8, 4) is 11.1 Å². The van der Waals surface area contributed by atoms with Crippen LogP contribution in [-0.4, -0.2) is 55.5 Å². The number of rotatable bonds is 10. The summed E-state index contributed by atoms with van der Waals surface area (Å²) in [6.45, 7) is 4.67. The minimum absolute atomic E-state index is 0.133. The fourth-order valence-electron chi connectivity index (χ4n) is 3.79. The van der Waals surface area contributed by atoms with E-state index in [-0.39, 0.29) is 10.9 Å². The number of hydrogen-bond acceptors (Lipinski definition) is 11. The van der Waals surface area contributed by atoms with E-state index in [1.165, 1.54) is 0 Å². The molecule has 0 bridgehead atoms. The highest BCUT2D eigenvalue weighted by atomic mass is 32.2. The molecule has 2 aromatic carbocycles. The van der Waals surface area contributed by atoms with Crippen molar-refractivity contribution in [2.45, 2.75) is 50.8 Å². The molecular formula is C25H26F3N5O7S3. The van der Waals surface area contributed by atoms with E-state index in [1.807, 2.05) is 4.72 Å². The second kappa shape index (κ2) is 11.9. The van der Waals surface area contributed by atoms with Crippen molar-refractivity contribution < 1.29 is 44.0 Å². The van der Waals surface area contributed by atoms with Crippen molar-refractivity contribution in [2.24, 2.45) is 5.14 Å². The third kappa shape index (κ3) is 8.79. The lowest BCUT2D eigenvalue weighted by atomic mass is 10.0. The van der Waals surface area contributed by atoms with E-state index in [0.717, 1.165) is 11.3 Å². The Balaban J connectivity index is 1.72. The largest absolute Gasteiger partial charge is 0.456 e. The molecule has 0 saturated heterocycles. The molecule has 18 heteroatoms. The number of sulfone groups is 1. The number of halogens is 3. The number of nitrogens with one attached hydrogen (secondary N) is 1. The zero-order valence-corrected chi connectivity index (χ0v) is 25.3. The molecule has 0 aliphatic carbocycles. The summed E-state index contributed by atoms with van der Waals surface area (Å²) in [6.07, 6.45) is -6.38. The van der Waals surface area contributed by atoms with Crippen molar-refractivity contribution in [1.82, 2.24) is 19.9 Å². The van der Waals surface area contributed by atoms with E-state index in [9.17, 15) is 34.8 Å². The molecule has 232 valence electrons. The van der Waals surface area contributed by atoms with Gasteiger partial charge >= 0.3 is 12.1 Å². The number of fused-ring (bicyclic) bond motifs is 1. The highest BCUT2D eigenvalue weighted by Gasteiger charge is 2.40. The molecule has 1 unspecified atom stereocenters. The lowest BCUT2D eigenvalue weighted by Gasteiger charge is -2.19. The Labute approximate surface area is 248 Å². The smallest absolute Gasteiger partial charge is 0.390 e. The molecule has 0 spiro atoms. The summed E-state index contributed by atoms with van der Waals surface area (Å²) < 4.78 is 101. The van der Waals surface area contributed by atoms with Gasteiger partial charge in [-0.15, -0.1) is 21.5 Å². The first-order valence-electron chi connectivity index (χ1n) is 12.4. The van der Waals surface area contributed by atoms with Crippen molar-refractivity contribution in [2.75, 3.05) is 5.75 Å². The number of thiazole rings is 1. The van der Waals surface area contributed by atoms with E-state index in [0.29, 0.717) is 26.9 Å². The molecule has 0 aliphatic rings. The number of nitrogens with zero attached hydrogens (tertiary/aromatic N) is 3. The van der Waals surface area contributed by atoms with E-state index in [1.54, 1.807) is 63.2 Å². The molecule has 1 atom stereocenters. The maximum atomic E-state index is 13.2. The molecule has 0 fully saturated rings. The molecule has 0 saturated carbocycles. The minimum atomic E-state index is -4.76. The Hall–Kier alpha value is -3.45. The summed E-state index contributed by atoms with van der Waals surface area (Å²) >= 11 is 0.892. The predicted octanol–water partition coefficient (Wildman–Crippen LogP) is 4.05. The van der Waals surface area contributed by atoms with Crippen LogP contribution in [0, 0.1) is 0 Å². The van der Waals surface area contributed by atoms with Gasteiger partial charge in [-0.25, -0.2) is 23.3 Å². The highest BCUT2D eigenvalue weighted by Crippen LogP contribution is 2.38. The number of hydrogen-bond donors (Lipinski definition) is 2. The fourth-order valence-corrected chi connectivity index (χ4v) is 7.20. The topological polar surface area (TPSA) is 184 Å². The van der Waals surface area contributed by atoms with Crippen LogP contribution in [0.4, 0.5) is 13.2 Å². The third-order valence-electron chi connectivity index (χ3n) is 5.62. The van der Waals surface area contributed by atoms with Gasteiger partial charge in [0.05, 0.1) is 34.5 Å². The Morgan fingerprint density at radius 1 is 1.07 bits per heavy atom. The standard InChI is InChI=1S/C25H26F3N5O7S3/c1-24(2,3)40-23(34)16-6-4-5-14(11-16)15-7-8-17-18(12-15)41-22(31-17)20(42(35,36)10-9-25(26,27)28)21-33-32-19(39-21)13-30-43(29,37)38/h4-8,11-12,20,30H,9-10,13H2,1-3H3,(H2,29,37,38). The summed E-state index contributed by atoms with van der Waals surface area (Å²) in [7, 11) is -8.77. The van der Waals surface area contributed by atoms with Gasteiger partial charge in [-0.3, -0.25) is 0 Å². The Morgan fingerprint density at radius 3 is 2.42 bits per heavy atom.